The number of H-pyrrole nitrogens is 1. The molecule has 0 saturated heterocycles. The van der Waals surface area contributed by atoms with E-state index in [0.717, 1.165) is 40.6 Å². The highest BCUT2D eigenvalue weighted by atomic mass is 79.9. The van der Waals surface area contributed by atoms with Gasteiger partial charge < -0.3 is 5.11 Å². The van der Waals surface area contributed by atoms with E-state index in [-0.39, 0.29) is 21.8 Å². The second-order valence-corrected chi connectivity index (χ2v) is 8.92. The first-order valence-corrected chi connectivity index (χ1v) is 10.6. The summed E-state index contributed by atoms with van der Waals surface area (Å²) in [4.78, 5) is 15.8. The summed E-state index contributed by atoms with van der Waals surface area (Å²) in [6, 6.07) is 9.20. The predicted molar refractivity (Wildman–Crippen MR) is 110 cm³/mol. The van der Waals surface area contributed by atoms with Gasteiger partial charge in [0.2, 0.25) is 5.78 Å². The molecule has 0 amide bonds. The molecule has 8 nitrogen and oxygen atoms in total. The summed E-state index contributed by atoms with van der Waals surface area (Å²) in [5.74, 6) is -1.73. The van der Waals surface area contributed by atoms with Gasteiger partial charge in [-0.1, -0.05) is 15.9 Å². The largest absolute Gasteiger partial charge is 0.507 e. The van der Waals surface area contributed by atoms with Gasteiger partial charge in [-0.15, -0.1) is 0 Å². The molecule has 152 valence electrons. The number of benzene rings is 2. The van der Waals surface area contributed by atoms with Gasteiger partial charge in [-0.3, -0.25) is 9.89 Å². The first kappa shape index (κ1) is 20.0. The number of carbonyl (C=O) groups is 1. The van der Waals surface area contributed by atoms with Gasteiger partial charge in [-0.2, -0.15) is 5.10 Å². The maximum absolute atomic E-state index is 13.2. The van der Waals surface area contributed by atoms with Crippen LogP contribution in [0, 0.1) is 5.82 Å². The van der Waals surface area contributed by atoms with E-state index in [2.05, 4.69) is 31.1 Å². The van der Waals surface area contributed by atoms with Gasteiger partial charge in [0.25, 0.3) is 10.0 Å². The number of nitrogens with one attached hydrogen (secondary N) is 1. The third-order valence-corrected chi connectivity index (χ3v) is 6.48. The Bertz CT molecular complexity index is 1390. The molecule has 0 radical (unpaired) electrons. The molecule has 2 N–H and O–H groups in total. The van der Waals surface area contributed by atoms with Crippen LogP contribution in [0.15, 0.2) is 70.4 Å². The van der Waals surface area contributed by atoms with Gasteiger partial charge in [0.15, 0.2) is 5.82 Å². The van der Waals surface area contributed by atoms with Crippen LogP contribution < -0.4 is 0 Å². The lowest BCUT2D eigenvalue weighted by molar-refractivity contribution is 0.103. The van der Waals surface area contributed by atoms with Crippen LogP contribution in [0.3, 0.4) is 0 Å². The second kappa shape index (κ2) is 7.50. The maximum Gasteiger partial charge on any atom is 0.268 e. The maximum atomic E-state index is 13.2. The van der Waals surface area contributed by atoms with Crippen LogP contribution in [-0.4, -0.2) is 38.5 Å². The molecule has 0 atom stereocenters. The van der Waals surface area contributed by atoms with Crippen LogP contribution in [0.4, 0.5) is 4.39 Å². The van der Waals surface area contributed by atoms with Crippen LogP contribution in [-0.2, 0) is 10.0 Å². The standard InChI is InChI=1S/C19H12BrFN4O4S/c20-11-1-6-16-14(7-11)15(17(26)8-18(27)19-22-10-23-24-19)9-25(16)30(28,29)13-4-2-12(21)3-5-13/h1-10,26H,(H,22,23,24)/b17-8-. The summed E-state index contributed by atoms with van der Waals surface area (Å²) in [7, 11) is -4.10. The zero-order chi connectivity index (χ0) is 21.5. The molecule has 0 aliphatic heterocycles. The Kier molecular flexibility index (Phi) is 5.00. The molecule has 2 aromatic heterocycles. The SMILES string of the molecule is O=C(/C=C(\O)c1cn(S(=O)(=O)c2ccc(F)cc2)c2ccc(Br)cc12)c1ncn[nH]1. The summed E-state index contributed by atoms with van der Waals surface area (Å²) in [6.45, 7) is 0. The van der Waals surface area contributed by atoms with Gasteiger partial charge in [-0.25, -0.2) is 21.8 Å². The molecule has 0 bridgehead atoms. The van der Waals surface area contributed by atoms with Crippen LogP contribution in [0.1, 0.15) is 16.2 Å². The molecule has 0 spiro atoms. The molecule has 30 heavy (non-hydrogen) atoms. The number of rotatable bonds is 5. The lowest BCUT2D eigenvalue weighted by Gasteiger charge is -2.07. The van der Waals surface area contributed by atoms with E-state index in [1.807, 2.05) is 0 Å². The van der Waals surface area contributed by atoms with E-state index in [1.54, 1.807) is 18.2 Å². The number of aromatic amines is 1. The summed E-state index contributed by atoms with van der Waals surface area (Å²) < 4.78 is 41.1. The van der Waals surface area contributed by atoms with Crippen LogP contribution in [0.5, 0.6) is 0 Å². The van der Waals surface area contributed by atoms with Crippen molar-refractivity contribution in [2.75, 3.05) is 0 Å². The molecule has 0 unspecified atom stereocenters. The van der Waals surface area contributed by atoms with Crippen molar-refractivity contribution in [2.45, 2.75) is 4.90 Å². The van der Waals surface area contributed by atoms with E-state index < -0.39 is 27.4 Å². The number of ketones is 1. The van der Waals surface area contributed by atoms with Crippen LogP contribution >= 0.6 is 15.9 Å². The second-order valence-electron chi connectivity index (χ2n) is 6.19. The van der Waals surface area contributed by atoms with Crippen LogP contribution in [0.2, 0.25) is 0 Å². The molecule has 4 aromatic rings. The number of hydrogen-bond acceptors (Lipinski definition) is 6. The quantitative estimate of drug-likeness (QED) is 0.250. The molecule has 11 heteroatoms. The number of carbonyl (C=O) groups excluding carboxylic acids is 1. The van der Waals surface area contributed by atoms with Crippen molar-refractivity contribution < 1.29 is 22.7 Å². The molecular weight excluding hydrogens is 479 g/mol. The topological polar surface area (TPSA) is 118 Å². The van der Waals surface area contributed by atoms with Crippen molar-refractivity contribution in [2.24, 2.45) is 0 Å². The molecule has 0 saturated carbocycles. The van der Waals surface area contributed by atoms with Crippen molar-refractivity contribution in [3.8, 4) is 0 Å². The average Bonchev–Trinajstić information content (AvgIpc) is 3.36. The van der Waals surface area contributed by atoms with Crippen molar-refractivity contribution in [3.63, 3.8) is 0 Å². The van der Waals surface area contributed by atoms with Crippen molar-refractivity contribution >= 4 is 48.4 Å². The predicted octanol–water partition coefficient (Wildman–Crippen LogP) is 3.68. The number of halogens is 2. The number of aliphatic hydroxyl groups is 1. The smallest absolute Gasteiger partial charge is 0.268 e. The van der Waals surface area contributed by atoms with Gasteiger partial charge in [0.1, 0.15) is 17.9 Å². The molecule has 2 aromatic carbocycles. The summed E-state index contributed by atoms with van der Waals surface area (Å²) >= 11 is 3.32. The Morgan fingerprint density at radius 1 is 1.20 bits per heavy atom. The Balaban J connectivity index is 1.89. The number of aliphatic hydroxyl groups excluding tert-OH is 1. The third kappa shape index (κ3) is 3.53. The fraction of sp³-hybridized carbons (Fsp3) is 0. The van der Waals surface area contributed by atoms with E-state index in [0.29, 0.717) is 9.86 Å². The third-order valence-electron chi connectivity index (χ3n) is 4.30. The van der Waals surface area contributed by atoms with Gasteiger partial charge in [0, 0.05) is 27.7 Å². The molecule has 0 aliphatic carbocycles. The Morgan fingerprint density at radius 3 is 2.60 bits per heavy atom. The first-order chi connectivity index (χ1) is 14.3. The molecule has 0 fully saturated rings. The summed E-state index contributed by atoms with van der Waals surface area (Å²) in [6.07, 6.45) is 3.27. The highest BCUT2D eigenvalue weighted by molar-refractivity contribution is 9.10. The van der Waals surface area contributed by atoms with E-state index in [4.69, 9.17) is 0 Å². The Hall–Kier alpha value is -3.31. The normalized spacial score (nSPS) is 12.4. The van der Waals surface area contributed by atoms with Gasteiger partial charge in [-0.05, 0) is 42.5 Å². The zero-order valence-electron chi connectivity index (χ0n) is 15.0. The molecule has 0 aliphatic rings. The Morgan fingerprint density at radius 2 is 1.93 bits per heavy atom. The fourth-order valence-electron chi connectivity index (χ4n) is 2.89. The van der Waals surface area contributed by atoms with Gasteiger partial charge >= 0.3 is 0 Å². The molecular formula is C19H12BrFN4O4S. The van der Waals surface area contributed by atoms with Crippen molar-refractivity contribution in [3.05, 3.63) is 82.7 Å². The fourth-order valence-corrected chi connectivity index (χ4v) is 4.62. The number of fused-ring (bicyclic) bond motifs is 1. The summed E-state index contributed by atoms with van der Waals surface area (Å²) in [5.41, 5.74) is 0.384. The Labute approximate surface area is 177 Å². The van der Waals surface area contributed by atoms with Crippen LogP contribution in [0.25, 0.3) is 16.7 Å². The summed E-state index contributed by atoms with van der Waals surface area (Å²) in [5, 5.41) is 16.9. The van der Waals surface area contributed by atoms with Crippen molar-refractivity contribution in [1.29, 1.82) is 0 Å². The lowest BCUT2D eigenvalue weighted by Crippen LogP contribution is -2.11. The minimum absolute atomic E-state index is 0.0783. The zero-order valence-corrected chi connectivity index (χ0v) is 17.4. The molecule has 2 heterocycles. The average molecular weight is 491 g/mol. The number of allylic oxidation sites excluding steroid dienone is 1. The van der Waals surface area contributed by atoms with Crippen molar-refractivity contribution in [1.82, 2.24) is 19.2 Å². The molecule has 4 rings (SSSR count). The number of hydrogen-bond donors (Lipinski definition) is 2. The van der Waals surface area contributed by atoms with E-state index >= 15 is 0 Å². The van der Waals surface area contributed by atoms with E-state index in [9.17, 15) is 22.7 Å². The minimum Gasteiger partial charge on any atom is -0.507 e. The lowest BCUT2D eigenvalue weighted by atomic mass is 10.1. The highest BCUT2D eigenvalue weighted by Gasteiger charge is 2.23. The monoisotopic (exact) mass is 490 g/mol. The first-order valence-electron chi connectivity index (χ1n) is 8.40. The minimum atomic E-state index is -4.10. The highest BCUT2D eigenvalue weighted by Crippen LogP contribution is 2.31. The number of nitrogens with zero attached hydrogens (tertiary/aromatic N) is 3. The van der Waals surface area contributed by atoms with Gasteiger partial charge in [0.05, 0.1) is 10.4 Å². The number of aromatic nitrogens is 4. The van der Waals surface area contributed by atoms with E-state index in [1.165, 1.54) is 6.20 Å².